The number of hydrogen-bond acceptors (Lipinski definition) is 5. The fourth-order valence-corrected chi connectivity index (χ4v) is 5.48. The Labute approximate surface area is 205 Å². The van der Waals surface area contributed by atoms with E-state index in [1.165, 1.54) is 0 Å². The summed E-state index contributed by atoms with van der Waals surface area (Å²) in [5.41, 5.74) is 2.32. The van der Waals surface area contributed by atoms with Crippen LogP contribution in [0, 0.1) is 18.8 Å². The molecule has 2 aliphatic heterocycles. The minimum absolute atomic E-state index is 0.0521. The van der Waals surface area contributed by atoms with Crippen LogP contribution in [-0.2, 0) is 14.8 Å². The lowest BCUT2D eigenvalue weighted by atomic mass is 10.0. The van der Waals surface area contributed by atoms with Crippen LogP contribution in [0.25, 0.3) is 0 Å². The van der Waals surface area contributed by atoms with Gasteiger partial charge in [0.05, 0.1) is 17.5 Å². The van der Waals surface area contributed by atoms with Gasteiger partial charge in [-0.2, -0.15) is 0 Å². The van der Waals surface area contributed by atoms with Crippen LogP contribution in [0.2, 0.25) is 5.02 Å². The molecule has 0 aromatic heterocycles. The molecule has 2 unspecified atom stereocenters. The van der Waals surface area contributed by atoms with Crippen molar-refractivity contribution < 1.29 is 18.0 Å². The third-order valence-electron chi connectivity index (χ3n) is 6.41. The molecular weight excluding hydrogens is 476 g/mol. The number of rotatable bonds is 7. The largest absolute Gasteiger partial charge is 0.338 e. The van der Waals surface area contributed by atoms with Gasteiger partial charge in [0.15, 0.2) is 0 Å². The Morgan fingerprint density at radius 1 is 1.06 bits per heavy atom. The molecule has 2 fully saturated rings. The highest BCUT2D eigenvalue weighted by Gasteiger charge is 2.41. The molecule has 2 aromatic carbocycles. The summed E-state index contributed by atoms with van der Waals surface area (Å²) in [6, 6.07) is 12.2. The van der Waals surface area contributed by atoms with Gasteiger partial charge in [-0.3, -0.25) is 14.3 Å². The molecule has 4 rings (SSSR count). The van der Waals surface area contributed by atoms with Crippen LogP contribution in [0.3, 0.4) is 0 Å². The minimum Gasteiger partial charge on any atom is -0.338 e. The average Bonchev–Trinajstić information content (AvgIpc) is 3.33. The number of aryl methyl sites for hydroxylation is 1. The van der Waals surface area contributed by atoms with Gasteiger partial charge >= 0.3 is 0 Å². The molecular formula is C24H29ClN4O4S. The first-order valence-corrected chi connectivity index (χ1v) is 13.5. The third-order valence-corrected chi connectivity index (χ3v) is 7.41. The van der Waals surface area contributed by atoms with Crippen molar-refractivity contribution in [2.75, 3.05) is 49.0 Å². The molecule has 8 nitrogen and oxygen atoms in total. The number of carbonyl (C=O) groups is 2. The Morgan fingerprint density at radius 2 is 1.74 bits per heavy atom. The summed E-state index contributed by atoms with van der Waals surface area (Å²) in [7, 11) is -3.48. The highest BCUT2D eigenvalue weighted by molar-refractivity contribution is 7.92. The number of anilines is 2. The van der Waals surface area contributed by atoms with Crippen LogP contribution in [0.5, 0.6) is 0 Å². The van der Waals surface area contributed by atoms with Crippen LogP contribution in [-0.4, -0.2) is 69.0 Å². The minimum atomic E-state index is -3.48. The summed E-state index contributed by atoms with van der Waals surface area (Å²) in [6.45, 7) is 5.50. The maximum Gasteiger partial charge on any atom is 0.256 e. The molecule has 2 N–H and O–H groups in total. The fourth-order valence-electron chi connectivity index (χ4n) is 4.72. The van der Waals surface area contributed by atoms with E-state index in [2.05, 4.69) is 14.9 Å². The fraction of sp³-hybridized carbons (Fsp3) is 0.417. The van der Waals surface area contributed by atoms with Crippen molar-refractivity contribution >= 4 is 44.8 Å². The Balaban J connectivity index is 1.28. The zero-order chi connectivity index (χ0) is 24.5. The number of nitrogens with one attached hydrogen (secondary N) is 2. The first-order valence-electron chi connectivity index (χ1n) is 11.2. The number of halogens is 1. The molecule has 2 heterocycles. The number of fused-ring (bicyclic) bond motifs is 1. The van der Waals surface area contributed by atoms with Crippen molar-refractivity contribution in [2.24, 2.45) is 11.8 Å². The maximum atomic E-state index is 13.1. The van der Waals surface area contributed by atoms with E-state index in [1.807, 2.05) is 24.0 Å². The lowest BCUT2D eigenvalue weighted by Gasteiger charge is -2.22. The van der Waals surface area contributed by atoms with Crippen molar-refractivity contribution in [2.45, 2.75) is 13.3 Å². The van der Waals surface area contributed by atoms with Crippen LogP contribution < -0.4 is 10.0 Å². The molecule has 34 heavy (non-hydrogen) atoms. The van der Waals surface area contributed by atoms with Crippen molar-refractivity contribution in [1.29, 1.82) is 0 Å². The molecule has 2 aliphatic rings. The second kappa shape index (κ2) is 9.93. The van der Waals surface area contributed by atoms with Crippen LogP contribution in [0.1, 0.15) is 22.3 Å². The topological polar surface area (TPSA) is 98.8 Å². The van der Waals surface area contributed by atoms with E-state index in [-0.39, 0.29) is 11.8 Å². The summed E-state index contributed by atoms with van der Waals surface area (Å²) < 4.78 is 25.7. The van der Waals surface area contributed by atoms with E-state index in [1.54, 1.807) is 30.3 Å². The Kier molecular flexibility index (Phi) is 7.16. The molecule has 0 aliphatic carbocycles. The Bertz CT molecular complexity index is 1190. The molecule has 2 amide bonds. The predicted molar refractivity (Wildman–Crippen MR) is 134 cm³/mol. The van der Waals surface area contributed by atoms with E-state index >= 15 is 0 Å². The highest BCUT2D eigenvalue weighted by atomic mass is 35.5. The van der Waals surface area contributed by atoms with Crippen LogP contribution >= 0.6 is 11.6 Å². The zero-order valence-electron chi connectivity index (χ0n) is 19.3. The highest BCUT2D eigenvalue weighted by Crippen LogP contribution is 2.33. The number of para-hydroxylation sites is 1. The summed E-state index contributed by atoms with van der Waals surface area (Å²) in [4.78, 5) is 29.6. The molecule has 2 atom stereocenters. The number of sulfonamides is 1. The molecule has 0 spiro atoms. The van der Waals surface area contributed by atoms with E-state index < -0.39 is 10.0 Å². The smallest absolute Gasteiger partial charge is 0.256 e. The van der Waals surface area contributed by atoms with Gasteiger partial charge in [-0.1, -0.05) is 29.8 Å². The number of carbonyl (C=O) groups excluding carboxylic acids is 2. The molecule has 0 saturated carbocycles. The van der Waals surface area contributed by atoms with E-state index in [9.17, 15) is 18.0 Å². The van der Waals surface area contributed by atoms with Gasteiger partial charge in [-0.05, 0) is 48.6 Å². The van der Waals surface area contributed by atoms with Gasteiger partial charge in [-0.25, -0.2) is 8.42 Å². The Hall–Kier alpha value is -2.62. The molecule has 0 bridgehead atoms. The quantitative estimate of drug-likeness (QED) is 0.604. The number of nitrogens with zero attached hydrogens (tertiary/aromatic N) is 2. The van der Waals surface area contributed by atoms with Crippen molar-refractivity contribution in [1.82, 2.24) is 9.80 Å². The molecule has 10 heteroatoms. The molecule has 182 valence electrons. The molecule has 0 radical (unpaired) electrons. The normalized spacial score (nSPS) is 20.3. The first-order chi connectivity index (χ1) is 16.1. The second-order valence-electron chi connectivity index (χ2n) is 9.17. The van der Waals surface area contributed by atoms with E-state index in [0.29, 0.717) is 59.9 Å². The number of benzene rings is 2. The molecule has 2 aromatic rings. The van der Waals surface area contributed by atoms with Gasteiger partial charge in [-0.15, -0.1) is 0 Å². The van der Waals surface area contributed by atoms with Crippen molar-refractivity contribution in [3.63, 3.8) is 0 Å². The number of likely N-dealkylation sites (tertiary alicyclic amines) is 2. The lowest BCUT2D eigenvalue weighted by molar-refractivity contribution is -0.116. The predicted octanol–water partition coefficient (Wildman–Crippen LogP) is 3.05. The summed E-state index contributed by atoms with van der Waals surface area (Å²) in [6.07, 6.45) is 1.46. The van der Waals surface area contributed by atoms with Gasteiger partial charge < -0.3 is 15.1 Å². The standard InChI is InChI=1S/C24H29ClN4O4S/c1-16-7-8-19(11-21(16)25)26-23(30)9-10-28-12-17-14-29(15-18(17)13-28)24(31)20-5-3-4-6-22(20)27-34(2,32)33/h3-8,11,17-18,27H,9-10,12-15H2,1-2H3,(H,26,30). The van der Waals surface area contributed by atoms with Gasteiger partial charge in [0.1, 0.15) is 0 Å². The van der Waals surface area contributed by atoms with E-state index in [4.69, 9.17) is 11.6 Å². The van der Waals surface area contributed by atoms with Gasteiger partial charge in [0.25, 0.3) is 5.91 Å². The van der Waals surface area contributed by atoms with Crippen molar-refractivity contribution in [3.05, 3.63) is 58.6 Å². The summed E-state index contributed by atoms with van der Waals surface area (Å²) in [5, 5.41) is 3.52. The average molecular weight is 505 g/mol. The Morgan fingerprint density at radius 3 is 2.38 bits per heavy atom. The van der Waals surface area contributed by atoms with Crippen LogP contribution in [0.4, 0.5) is 11.4 Å². The third kappa shape index (κ3) is 5.89. The number of amides is 2. The summed E-state index contributed by atoms with van der Waals surface area (Å²) in [5.74, 6) is 0.475. The maximum absolute atomic E-state index is 13.1. The zero-order valence-corrected chi connectivity index (χ0v) is 20.8. The summed E-state index contributed by atoms with van der Waals surface area (Å²) >= 11 is 6.12. The lowest BCUT2D eigenvalue weighted by Crippen LogP contribution is -2.34. The molecule has 2 saturated heterocycles. The second-order valence-corrected chi connectivity index (χ2v) is 11.3. The SMILES string of the molecule is Cc1ccc(NC(=O)CCN2CC3CN(C(=O)c4ccccc4NS(C)(=O)=O)CC3C2)cc1Cl. The van der Waals surface area contributed by atoms with Crippen molar-refractivity contribution in [3.8, 4) is 0 Å². The van der Waals surface area contributed by atoms with E-state index in [0.717, 1.165) is 24.9 Å². The monoisotopic (exact) mass is 504 g/mol. The van der Waals surface area contributed by atoms with Gasteiger partial charge in [0, 0.05) is 49.9 Å². The number of hydrogen-bond donors (Lipinski definition) is 2. The van der Waals surface area contributed by atoms with Crippen LogP contribution in [0.15, 0.2) is 42.5 Å². The first kappa shape index (κ1) is 24.5. The van der Waals surface area contributed by atoms with Gasteiger partial charge in [0.2, 0.25) is 15.9 Å².